The second-order valence-electron chi connectivity index (χ2n) is 8.78. The molecular formula is C28H27N3O7. The van der Waals surface area contributed by atoms with Crippen LogP contribution in [-0.2, 0) is 33.8 Å². The van der Waals surface area contributed by atoms with Gasteiger partial charge in [-0.1, -0.05) is 42.5 Å². The predicted octanol–water partition coefficient (Wildman–Crippen LogP) is 3.23. The number of alkyl carbamates (subject to hydrolysis) is 1. The zero-order valence-electron chi connectivity index (χ0n) is 20.3. The Morgan fingerprint density at radius 2 is 1.53 bits per heavy atom. The van der Waals surface area contributed by atoms with Crippen molar-refractivity contribution in [2.75, 3.05) is 0 Å². The SMILES string of the molecule is O=C(N[C@@H](Cc1c[nH]c2ccc(O)cc12)C(=O)N[C@@H](Cc1ccc(O)cc1)C(=O)O)OCc1ccccc1. The summed E-state index contributed by atoms with van der Waals surface area (Å²) < 4.78 is 5.28. The van der Waals surface area contributed by atoms with Crippen molar-refractivity contribution >= 4 is 28.9 Å². The number of carbonyl (C=O) groups is 3. The van der Waals surface area contributed by atoms with Crippen molar-refractivity contribution in [1.29, 1.82) is 0 Å². The predicted molar refractivity (Wildman–Crippen MR) is 139 cm³/mol. The van der Waals surface area contributed by atoms with Gasteiger partial charge in [0.2, 0.25) is 5.91 Å². The maximum Gasteiger partial charge on any atom is 0.408 e. The number of phenolic OH excluding ortho intramolecular Hbond substituents is 2. The molecule has 38 heavy (non-hydrogen) atoms. The molecule has 0 aliphatic carbocycles. The van der Waals surface area contributed by atoms with E-state index in [9.17, 15) is 29.7 Å². The molecule has 4 rings (SSSR count). The number of aliphatic carboxylic acids is 1. The summed E-state index contributed by atoms with van der Waals surface area (Å²) in [6, 6.07) is 17.3. The quantitative estimate of drug-likeness (QED) is 0.188. The lowest BCUT2D eigenvalue weighted by Gasteiger charge is -2.21. The van der Waals surface area contributed by atoms with E-state index < -0.39 is 30.1 Å². The number of benzene rings is 3. The maximum absolute atomic E-state index is 13.3. The Bertz CT molecular complexity index is 1420. The fraction of sp³-hybridized carbons (Fsp3) is 0.179. The van der Waals surface area contributed by atoms with Gasteiger partial charge < -0.3 is 35.7 Å². The number of aromatic nitrogens is 1. The molecule has 1 heterocycles. The van der Waals surface area contributed by atoms with Crippen LogP contribution in [0.15, 0.2) is 79.0 Å². The van der Waals surface area contributed by atoms with Gasteiger partial charge in [-0.3, -0.25) is 4.79 Å². The van der Waals surface area contributed by atoms with Crippen molar-refractivity contribution in [3.63, 3.8) is 0 Å². The number of carbonyl (C=O) groups excluding carboxylic acids is 2. The molecule has 10 nitrogen and oxygen atoms in total. The molecule has 0 fully saturated rings. The minimum Gasteiger partial charge on any atom is -0.508 e. The van der Waals surface area contributed by atoms with Gasteiger partial charge in [0, 0.05) is 29.9 Å². The summed E-state index contributed by atoms with van der Waals surface area (Å²) in [5.74, 6) is -1.90. The molecule has 0 radical (unpaired) electrons. The topological polar surface area (TPSA) is 161 Å². The average Bonchev–Trinajstić information content (AvgIpc) is 3.30. The van der Waals surface area contributed by atoms with Gasteiger partial charge in [-0.15, -0.1) is 0 Å². The summed E-state index contributed by atoms with van der Waals surface area (Å²) in [6.07, 6.45) is 0.781. The molecule has 2 amide bonds. The molecule has 2 atom stereocenters. The third-order valence-corrected chi connectivity index (χ3v) is 5.99. The molecule has 0 bridgehead atoms. The molecule has 0 unspecified atom stereocenters. The van der Waals surface area contributed by atoms with E-state index in [-0.39, 0.29) is 30.9 Å². The third-order valence-electron chi connectivity index (χ3n) is 5.99. The summed E-state index contributed by atoms with van der Waals surface area (Å²) in [5.41, 5.74) is 2.70. The van der Waals surface area contributed by atoms with E-state index in [1.54, 1.807) is 48.7 Å². The highest BCUT2D eigenvalue weighted by Crippen LogP contribution is 2.24. The van der Waals surface area contributed by atoms with Crippen LogP contribution in [0.1, 0.15) is 16.7 Å². The van der Waals surface area contributed by atoms with E-state index in [4.69, 9.17) is 4.74 Å². The van der Waals surface area contributed by atoms with E-state index >= 15 is 0 Å². The second-order valence-corrected chi connectivity index (χ2v) is 8.78. The van der Waals surface area contributed by atoms with Gasteiger partial charge >= 0.3 is 12.1 Å². The number of carboxylic acids is 1. The van der Waals surface area contributed by atoms with Gasteiger partial charge in [-0.25, -0.2) is 9.59 Å². The van der Waals surface area contributed by atoms with Crippen molar-refractivity contribution in [3.05, 3.63) is 95.7 Å². The number of phenols is 2. The van der Waals surface area contributed by atoms with Gasteiger partial charge in [0.1, 0.15) is 30.2 Å². The van der Waals surface area contributed by atoms with Gasteiger partial charge in [0.05, 0.1) is 0 Å². The van der Waals surface area contributed by atoms with E-state index in [2.05, 4.69) is 15.6 Å². The van der Waals surface area contributed by atoms with Gasteiger partial charge in [-0.2, -0.15) is 0 Å². The summed E-state index contributed by atoms with van der Waals surface area (Å²) >= 11 is 0. The highest BCUT2D eigenvalue weighted by atomic mass is 16.5. The fourth-order valence-electron chi connectivity index (χ4n) is 4.01. The number of rotatable bonds is 10. The Balaban J connectivity index is 1.52. The van der Waals surface area contributed by atoms with Crippen LogP contribution < -0.4 is 10.6 Å². The number of nitrogens with one attached hydrogen (secondary N) is 3. The number of carboxylic acid groups (broad SMARTS) is 1. The first kappa shape index (κ1) is 26.1. The number of hydrogen-bond donors (Lipinski definition) is 6. The Kier molecular flexibility index (Phi) is 8.12. The van der Waals surface area contributed by atoms with Crippen LogP contribution in [0.25, 0.3) is 10.9 Å². The summed E-state index contributed by atoms with van der Waals surface area (Å²) in [6.45, 7) is -0.0133. The molecule has 4 aromatic rings. The number of aromatic amines is 1. The van der Waals surface area contributed by atoms with Crippen molar-refractivity contribution in [2.45, 2.75) is 31.5 Å². The van der Waals surface area contributed by atoms with Gasteiger partial charge in [-0.05, 0) is 47.0 Å². The smallest absolute Gasteiger partial charge is 0.408 e. The molecule has 0 aliphatic heterocycles. The third kappa shape index (κ3) is 6.82. The molecule has 1 aromatic heterocycles. The lowest BCUT2D eigenvalue weighted by molar-refractivity contribution is -0.142. The normalized spacial score (nSPS) is 12.4. The number of amides is 2. The Labute approximate surface area is 217 Å². The van der Waals surface area contributed by atoms with Crippen LogP contribution in [-0.4, -0.2) is 50.4 Å². The highest BCUT2D eigenvalue weighted by molar-refractivity contribution is 5.91. The van der Waals surface area contributed by atoms with Crippen LogP contribution in [0.4, 0.5) is 4.79 Å². The first-order valence-corrected chi connectivity index (χ1v) is 11.9. The standard InChI is InChI=1S/C28H27N3O7/c32-20-8-6-17(7-9-20)12-25(27(35)36)30-26(34)24(31-28(37)38-16-18-4-2-1-3-5-18)13-19-15-29-23-11-10-21(33)14-22(19)23/h1-11,14-15,24-25,29,32-33H,12-13,16H2,(H,30,34)(H,31,37)(H,35,36)/t24-,25-/m0/s1. The lowest BCUT2D eigenvalue weighted by Crippen LogP contribution is -2.53. The summed E-state index contributed by atoms with van der Waals surface area (Å²) in [4.78, 5) is 40.9. The highest BCUT2D eigenvalue weighted by Gasteiger charge is 2.28. The molecular weight excluding hydrogens is 490 g/mol. The van der Waals surface area contributed by atoms with Crippen LogP contribution in [0.3, 0.4) is 0 Å². The number of aromatic hydroxyl groups is 2. The average molecular weight is 518 g/mol. The van der Waals surface area contributed by atoms with E-state index in [1.165, 1.54) is 24.3 Å². The second kappa shape index (κ2) is 11.8. The van der Waals surface area contributed by atoms with Gasteiger partial charge in [0.25, 0.3) is 0 Å². The van der Waals surface area contributed by atoms with Crippen molar-refractivity contribution in [1.82, 2.24) is 15.6 Å². The Morgan fingerprint density at radius 1 is 0.816 bits per heavy atom. The minimum atomic E-state index is -1.29. The molecule has 0 saturated heterocycles. The molecule has 6 N–H and O–H groups in total. The van der Waals surface area contributed by atoms with E-state index in [0.29, 0.717) is 16.5 Å². The summed E-state index contributed by atoms with van der Waals surface area (Å²) in [5, 5.41) is 34.8. The Hall–Kier alpha value is -4.99. The van der Waals surface area contributed by atoms with Crippen LogP contribution in [0.2, 0.25) is 0 Å². The number of fused-ring (bicyclic) bond motifs is 1. The van der Waals surface area contributed by atoms with Crippen molar-refractivity contribution in [3.8, 4) is 11.5 Å². The largest absolute Gasteiger partial charge is 0.508 e. The molecule has 0 spiro atoms. The molecule has 0 saturated carbocycles. The Morgan fingerprint density at radius 3 is 2.24 bits per heavy atom. The minimum absolute atomic E-state index is 0.00126. The number of ether oxygens (including phenoxy) is 1. The van der Waals surface area contributed by atoms with Crippen LogP contribution in [0.5, 0.6) is 11.5 Å². The van der Waals surface area contributed by atoms with Crippen molar-refractivity contribution in [2.24, 2.45) is 0 Å². The van der Waals surface area contributed by atoms with Gasteiger partial charge in [0.15, 0.2) is 0 Å². The zero-order valence-corrected chi connectivity index (χ0v) is 20.3. The molecule has 10 heteroatoms. The summed E-state index contributed by atoms with van der Waals surface area (Å²) in [7, 11) is 0. The maximum atomic E-state index is 13.3. The zero-order chi connectivity index (χ0) is 27.1. The first-order valence-electron chi connectivity index (χ1n) is 11.9. The van der Waals surface area contributed by atoms with Crippen LogP contribution in [0, 0.1) is 0 Å². The fourth-order valence-corrected chi connectivity index (χ4v) is 4.01. The van der Waals surface area contributed by atoms with E-state index in [1.807, 2.05) is 6.07 Å². The van der Waals surface area contributed by atoms with E-state index in [0.717, 1.165) is 11.1 Å². The monoisotopic (exact) mass is 517 g/mol. The molecule has 3 aromatic carbocycles. The molecule has 0 aliphatic rings. The van der Waals surface area contributed by atoms with Crippen LogP contribution >= 0.6 is 0 Å². The number of H-pyrrole nitrogens is 1. The van der Waals surface area contributed by atoms with Crippen molar-refractivity contribution < 1.29 is 34.4 Å². The lowest BCUT2D eigenvalue weighted by atomic mass is 10.0. The molecule has 196 valence electrons. The number of hydrogen-bond acceptors (Lipinski definition) is 6. The first-order chi connectivity index (χ1) is 18.3.